The van der Waals surface area contributed by atoms with Crippen LogP contribution in [0.1, 0.15) is 0 Å². The smallest absolute Gasteiger partial charge is 0.0636 e. The van der Waals surface area contributed by atoms with E-state index in [4.69, 9.17) is 0 Å². The summed E-state index contributed by atoms with van der Waals surface area (Å²) >= 11 is 0. The number of hydrogen-bond donors (Lipinski definition) is 0. The van der Waals surface area contributed by atoms with Gasteiger partial charge in [-0.25, -0.2) is 0 Å². The van der Waals surface area contributed by atoms with Crippen molar-refractivity contribution in [3.05, 3.63) is 182 Å². The van der Waals surface area contributed by atoms with E-state index in [9.17, 15) is 0 Å². The van der Waals surface area contributed by atoms with Gasteiger partial charge in [0.05, 0.1) is 52.8 Å². The highest BCUT2D eigenvalue weighted by Gasteiger charge is 2.35. The molecule has 6 aromatic carbocycles. The third-order valence-corrected chi connectivity index (χ3v) is 46.3. The molecule has 0 unspecified atom stereocenters. The fourth-order valence-corrected chi connectivity index (χ4v) is 57.8. The van der Waals surface area contributed by atoms with Crippen molar-refractivity contribution in [1.82, 2.24) is 0 Å². The SMILES string of the molecule is c1ccc([SiH]2C[SiH](c3ccccc3)C[SiH](c3ccccc3)C2)cc1.c1ccc([SiH]2C[SiH](c3ccccc3)C[SiH](c3ccccc3)C2)cc1. The van der Waals surface area contributed by atoms with Crippen LogP contribution in [0.5, 0.6) is 0 Å². The summed E-state index contributed by atoms with van der Waals surface area (Å²) in [6.07, 6.45) is 0. The minimum Gasteiger partial charge on any atom is -0.0636 e. The van der Waals surface area contributed by atoms with Gasteiger partial charge in [0.25, 0.3) is 0 Å². The maximum absolute atomic E-state index is 2.41. The molecule has 0 spiro atoms. The molecule has 48 heavy (non-hydrogen) atoms. The summed E-state index contributed by atoms with van der Waals surface area (Å²) in [5.41, 5.74) is 9.44. The van der Waals surface area contributed by atoms with Crippen molar-refractivity contribution >= 4 is 83.9 Å². The lowest BCUT2D eigenvalue weighted by atomic mass is 10.4. The lowest BCUT2D eigenvalue weighted by molar-refractivity contribution is 1.54. The molecule has 0 radical (unpaired) electrons. The van der Waals surface area contributed by atoms with Gasteiger partial charge >= 0.3 is 0 Å². The van der Waals surface area contributed by atoms with Gasteiger partial charge in [0.1, 0.15) is 0 Å². The highest BCUT2D eigenvalue weighted by atomic mass is 28.4. The molecule has 0 bridgehead atoms. The average molecular weight is 721 g/mol. The van der Waals surface area contributed by atoms with E-state index in [1.54, 1.807) is 65.1 Å². The maximum Gasteiger partial charge on any atom is 0.0658 e. The van der Waals surface area contributed by atoms with Crippen LogP contribution in [-0.2, 0) is 0 Å². The average Bonchev–Trinajstić information content (AvgIpc) is 3.20. The normalized spacial score (nSPS) is 23.8. The van der Waals surface area contributed by atoms with Crippen LogP contribution >= 0.6 is 0 Å². The lowest BCUT2D eigenvalue weighted by Crippen LogP contribution is -2.53. The van der Waals surface area contributed by atoms with E-state index >= 15 is 0 Å². The van der Waals surface area contributed by atoms with E-state index in [1.165, 1.54) is 0 Å². The Balaban J connectivity index is 0.000000152. The highest BCUT2D eigenvalue weighted by molar-refractivity contribution is 7.07. The summed E-state index contributed by atoms with van der Waals surface area (Å²) in [6, 6.07) is 68.9. The van der Waals surface area contributed by atoms with Crippen molar-refractivity contribution in [2.45, 2.75) is 34.0 Å². The van der Waals surface area contributed by atoms with E-state index < -0.39 is 52.8 Å². The Morgan fingerprint density at radius 2 is 0.312 bits per heavy atom. The standard InChI is InChI=1S/2C21H24Si3/c2*1-4-10-19(11-5-1)22-16-23(20-12-6-2-7-13-20)18-24(17-22)21-14-8-3-9-15-21/h2*1-15,22-24H,16-18H2. The summed E-state index contributed by atoms with van der Waals surface area (Å²) in [5, 5.41) is 10.2. The predicted molar refractivity (Wildman–Crippen MR) is 228 cm³/mol. The summed E-state index contributed by atoms with van der Waals surface area (Å²) in [6.45, 7) is 0. The van der Waals surface area contributed by atoms with Crippen LogP contribution < -0.4 is 31.1 Å². The molecule has 6 aromatic rings. The minimum atomic E-state index is -0.816. The Labute approximate surface area is 298 Å². The van der Waals surface area contributed by atoms with Crippen LogP contribution in [0.4, 0.5) is 0 Å². The largest absolute Gasteiger partial charge is 0.0658 e. The van der Waals surface area contributed by atoms with Crippen LogP contribution in [0.15, 0.2) is 182 Å². The second kappa shape index (κ2) is 16.8. The van der Waals surface area contributed by atoms with Gasteiger partial charge in [-0.05, 0) is 0 Å². The van der Waals surface area contributed by atoms with Gasteiger partial charge < -0.3 is 0 Å². The Morgan fingerprint density at radius 1 is 0.188 bits per heavy atom. The van der Waals surface area contributed by atoms with Gasteiger partial charge in [-0.3, -0.25) is 0 Å². The molecule has 0 aromatic heterocycles. The summed E-state index contributed by atoms with van der Waals surface area (Å²) in [4.78, 5) is 0. The zero-order chi connectivity index (χ0) is 32.4. The summed E-state index contributed by atoms with van der Waals surface area (Å²) in [7, 11) is -4.90. The topological polar surface area (TPSA) is 0 Å². The van der Waals surface area contributed by atoms with Gasteiger partial charge in [0.15, 0.2) is 0 Å². The number of hydrogen-bond acceptors (Lipinski definition) is 0. The van der Waals surface area contributed by atoms with E-state index in [0.717, 1.165) is 0 Å². The molecule has 2 heterocycles. The molecule has 0 aliphatic carbocycles. The fraction of sp³-hybridized carbons (Fsp3) is 0.143. The van der Waals surface area contributed by atoms with Crippen LogP contribution in [0.3, 0.4) is 0 Å². The first-order chi connectivity index (χ1) is 23.8. The van der Waals surface area contributed by atoms with Gasteiger partial charge in [-0.15, -0.1) is 0 Å². The van der Waals surface area contributed by atoms with Crippen molar-refractivity contribution in [2.24, 2.45) is 0 Å². The molecule has 2 saturated heterocycles. The van der Waals surface area contributed by atoms with Crippen LogP contribution in [0, 0.1) is 0 Å². The van der Waals surface area contributed by atoms with Crippen molar-refractivity contribution in [1.29, 1.82) is 0 Å². The number of benzene rings is 6. The second-order valence-electron chi connectivity index (χ2n) is 14.1. The molecule has 0 N–H and O–H groups in total. The van der Waals surface area contributed by atoms with Crippen LogP contribution in [0.2, 0.25) is 34.0 Å². The second-order valence-corrected chi connectivity index (χ2v) is 37.7. The molecular weight excluding hydrogens is 673 g/mol. The fourth-order valence-electron chi connectivity index (χ4n) is 8.62. The zero-order valence-electron chi connectivity index (χ0n) is 28.0. The highest BCUT2D eigenvalue weighted by Crippen LogP contribution is 2.21. The number of rotatable bonds is 6. The maximum atomic E-state index is 2.41. The van der Waals surface area contributed by atoms with Gasteiger partial charge in [0.2, 0.25) is 0 Å². The zero-order valence-corrected chi connectivity index (χ0v) is 35.0. The summed E-state index contributed by atoms with van der Waals surface area (Å²) in [5.74, 6) is 0. The Morgan fingerprint density at radius 3 is 0.438 bits per heavy atom. The van der Waals surface area contributed by atoms with Crippen molar-refractivity contribution in [3.8, 4) is 0 Å². The first-order valence-corrected chi connectivity index (χ1v) is 31.4. The van der Waals surface area contributed by atoms with Crippen LogP contribution in [-0.4, -0.2) is 52.8 Å². The van der Waals surface area contributed by atoms with Gasteiger partial charge in [-0.1, -0.05) is 247 Å². The van der Waals surface area contributed by atoms with Crippen molar-refractivity contribution in [2.75, 3.05) is 0 Å². The van der Waals surface area contributed by atoms with E-state index in [2.05, 4.69) is 182 Å². The third kappa shape index (κ3) is 8.61. The molecule has 240 valence electrons. The minimum absolute atomic E-state index is 0.816. The first kappa shape index (κ1) is 33.1. The van der Waals surface area contributed by atoms with Crippen LogP contribution in [0.25, 0.3) is 0 Å². The Kier molecular flexibility index (Phi) is 11.6. The van der Waals surface area contributed by atoms with E-state index in [1.807, 2.05) is 0 Å². The molecule has 0 amide bonds. The molecule has 0 atom stereocenters. The third-order valence-electron chi connectivity index (χ3n) is 11.0. The monoisotopic (exact) mass is 720 g/mol. The molecule has 2 aliphatic rings. The molecule has 2 fully saturated rings. The molecule has 6 heteroatoms. The van der Waals surface area contributed by atoms with Gasteiger partial charge in [-0.2, -0.15) is 0 Å². The van der Waals surface area contributed by atoms with E-state index in [-0.39, 0.29) is 0 Å². The molecular formula is C42H48Si6. The molecule has 0 nitrogen and oxygen atoms in total. The summed E-state index contributed by atoms with van der Waals surface area (Å²) < 4.78 is 0. The first-order valence-electron chi connectivity index (χ1n) is 18.1. The Hall–Kier alpha value is -3.38. The molecule has 0 saturated carbocycles. The molecule has 2 aliphatic heterocycles. The molecule has 8 rings (SSSR count). The lowest BCUT2D eigenvalue weighted by Gasteiger charge is -2.33. The van der Waals surface area contributed by atoms with Gasteiger partial charge in [0, 0.05) is 0 Å². The van der Waals surface area contributed by atoms with Crippen molar-refractivity contribution in [3.63, 3.8) is 0 Å². The predicted octanol–water partition coefficient (Wildman–Crippen LogP) is 4.04. The Bertz CT molecular complexity index is 1430. The van der Waals surface area contributed by atoms with E-state index in [0.29, 0.717) is 0 Å². The van der Waals surface area contributed by atoms with Crippen molar-refractivity contribution < 1.29 is 0 Å². The quantitative estimate of drug-likeness (QED) is 0.228.